The Labute approximate surface area is 167 Å². The van der Waals surface area contributed by atoms with Gasteiger partial charge in [0.2, 0.25) is 0 Å². The maximum Gasteiger partial charge on any atom is 0.310 e. The van der Waals surface area contributed by atoms with Crippen molar-refractivity contribution in [3.63, 3.8) is 0 Å². The number of rotatable bonds is 5. The van der Waals surface area contributed by atoms with Crippen LogP contribution in [0.4, 0.5) is 0 Å². The molecule has 4 fully saturated rings. The van der Waals surface area contributed by atoms with Crippen molar-refractivity contribution in [2.75, 3.05) is 20.3 Å². The van der Waals surface area contributed by atoms with Crippen molar-refractivity contribution in [2.24, 2.45) is 23.2 Å². The number of hydrogen-bond acceptors (Lipinski definition) is 5. The van der Waals surface area contributed by atoms with Crippen molar-refractivity contribution in [1.82, 2.24) is 5.32 Å². The SMILES string of the molecule is COc1ccccc1CNC[C@H]1C(=O)O[C@@H]2C[C@@]3(C)CCC[C@@]4(CO4)[C@@H]3C[C@@H]21. The molecule has 2 saturated heterocycles. The summed E-state index contributed by atoms with van der Waals surface area (Å²) in [5.74, 6) is 1.69. The van der Waals surface area contributed by atoms with Gasteiger partial charge >= 0.3 is 5.97 Å². The molecular formula is C23H31NO4. The van der Waals surface area contributed by atoms with E-state index in [9.17, 15) is 4.79 Å². The first-order valence-corrected chi connectivity index (χ1v) is 10.7. The highest BCUT2D eigenvalue weighted by Gasteiger charge is 2.64. The number of para-hydroxylation sites is 1. The number of benzene rings is 1. The van der Waals surface area contributed by atoms with Gasteiger partial charge in [0, 0.05) is 24.6 Å². The molecule has 6 atom stereocenters. The van der Waals surface area contributed by atoms with Crippen molar-refractivity contribution in [2.45, 2.75) is 57.3 Å². The number of carbonyl (C=O) groups excluding carboxylic acids is 1. The highest BCUT2D eigenvalue weighted by molar-refractivity contribution is 5.75. The van der Waals surface area contributed by atoms with Crippen LogP contribution in [0.2, 0.25) is 0 Å². The Morgan fingerprint density at radius 3 is 2.89 bits per heavy atom. The van der Waals surface area contributed by atoms with Gasteiger partial charge in [-0.3, -0.25) is 4.79 Å². The van der Waals surface area contributed by atoms with Gasteiger partial charge in [0.1, 0.15) is 11.9 Å². The largest absolute Gasteiger partial charge is 0.496 e. The molecule has 0 radical (unpaired) electrons. The van der Waals surface area contributed by atoms with E-state index in [1.165, 1.54) is 19.3 Å². The lowest BCUT2D eigenvalue weighted by Gasteiger charge is -2.51. The molecular weight excluding hydrogens is 354 g/mol. The first-order chi connectivity index (χ1) is 13.5. The van der Waals surface area contributed by atoms with Crippen LogP contribution in [-0.2, 0) is 20.8 Å². The zero-order valence-corrected chi connectivity index (χ0v) is 16.9. The predicted octanol–water partition coefficient (Wildman–Crippen LogP) is 3.31. The van der Waals surface area contributed by atoms with Crippen LogP contribution in [-0.4, -0.2) is 37.9 Å². The molecule has 0 unspecified atom stereocenters. The lowest BCUT2D eigenvalue weighted by Crippen LogP contribution is -2.51. The summed E-state index contributed by atoms with van der Waals surface area (Å²) < 4.78 is 17.3. The number of hydrogen-bond donors (Lipinski definition) is 1. The summed E-state index contributed by atoms with van der Waals surface area (Å²) in [7, 11) is 1.69. The summed E-state index contributed by atoms with van der Waals surface area (Å²) >= 11 is 0. The summed E-state index contributed by atoms with van der Waals surface area (Å²) in [6.07, 6.45) is 5.81. The highest BCUT2D eigenvalue weighted by Crippen LogP contribution is 2.62. The molecule has 1 aromatic carbocycles. The van der Waals surface area contributed by atoms with Crippen LogP contribution >= 0.6 is 0 Å². The molecule has 28 heavy (non-hydrogen) atoms. The minimum absolute atomic E-state index is 0.0180. The van der Waals surface area contributed by atoms with E-state index in [4.69, 9.17) is 14.2 Å². The Kier molecular flexibility index (Phi) is 4.44. The monoisotopic (exact) mass is 385 g/mol. The van der Waals surface area contributed by atoms with E-state index in [1.807, 2.05) is 18.2 Å². The van der Waals surface area contributed by atoms with Gasteiger partial charge in [-0.05, 0) is 49.5 Å². The van der Waals surface area contributed by atoms with Crippen LogP contribution in [0.5, 0.6) is 5.75 Å². The molecule has 1 spiro atoms. The van der Waals surface area contributed by atoms with Crippen molar-refractivity contribution < 1.29 is 19.0 Å². The fourth-order valence-corrected chi connectivity index (χ4v) is 6.40. The number of ether oxygens (including phenoxy) is 3. The summed E-state index contributed by atoms with van der Waals surface area (Å²) in [6, 6.07) is 8.01. The third-order valence-corrected chi connectivity index (χ3v) is 7.95. The lowest BCUT2D eigenvalue weighted by atomic mass is 9.53. The maximum atomic E-state index is 12.7. The summed E-state index contributed by atoms with van der Waals surface area (Å²) in [4.78, 5) is 12.7. The van der Waals surface area contributed by atoms with Crippen LogP contribution < -0.4 is 10.1 Å². The number of epoxide rings is 1. The Bertz CT molecular complexity index is 761. The van der Waals surface area contributed by atoms with Gasteiger partial charge in [-0.25, -0.2) is 0 Å². The van der Waals surface area contributed by atoms with Crippen LogP contribution in [0, 0.1) is 23.2 Å². The highest BCUT2D eigenvalue weighted by atomic mass is 16.6. The van der Waals surface area contributed by atoms with Crippen LogP contribution in [0.3, 0.4) is 0 Å². The third kappa shape index (κ3) is 2.94. The molecule has 2 aliphatic heterocycles. The van der Waals surface area contributed by atoms with Gasteiger partial charge < -0.3 is 19.5 Å². The molecule has 0 aromatic heterocycles. The summed E-state index contributed by atoms with van der Waals surface area (Å²) in [5.41, 5.74) is 1.48. The number of esters is 1. The van der Waals surface area contributed by atoms with Crippen LogP contribution in [0.25, 0.3) is 0 Å². The molecule has 5 rings (SSSR count). The molecule has 2 saturated carbocycles. The Morgan fingerprint density at radius 1 is 1.29 bits per heavy atom. The summed E-state index contributed by atoms with van der Waals surface area (Å²) in [5, 5.41) is 3.49. The van der Waals surface area contributed by atoms with Crippen LogP contribution in [0.15, 0.2) is 24.3 Å². The van der Waals surface area contributed by atoms with Gasteiger partial charge in [-0.1, -0.05) is 25.1 Å². The molecule has 1 N–H and O–H groups in total. The smallest absolute Gasteiger partial charge is 0.310 e. The van der Waals surface area contributed by atoms with Gasteiger partial charge in [-0.2, -0.15) is 0 Å². The molecule has 152 valence electrons. The quantitative estimate of drug-likeness (QED) is 0.622. The fourth-order valence-electron chi connectivity index (χ4n) is 6.40. The van der Waals surface area contributed by atoms with E-state index in [2.05, 4.69) is 18.3 Å². The number of methoxy groups -OCH3 is 1. The average Bonchev–Trinajstić information content (AvgIpc) is 3.38. The van der Waals surface area contributed by atoms with E-state index < -0.39 is 0 Å². The molecule has 0 amide bonds. The topological polar surface area (TPSA) is 60.1 Å². The van der Waals surface area contributed by atoms with Gasteiger partial charge in [0.25, 0.3) is 0 Å². The molecule has 4 aliphatic rings. The number of fused-ring (bicyclic) bond motifs is 3. The average molecular weight is 386 g/mol. The zero-order valence-electron chi connectivity index (χ0n) is 16.9. The molecule has 5 nitrogen and oxygen atoms in total. The molecule has 1 aromatic rings. The third-order valence-electron chi connectivity index (χ3n) is 7.95. The Balaban J connectivity index is 1.27. The van der Waals surface area contributed by atoms with E-state index in [0.29, 0.717) is 24.9 Å². The van der Waals surface area contributed by atoms with E-state index in [0.717, 1.165) is 30.8 Å². The summed E-state index contributed by atoms with van der Waals surface area (Å²) in [6.45, 7) is 4.67. The first-order valence-electron chi connectivity index (χ1n) is 10.7. The minimum atomic E-state index is -0.0537. The lowest BCUT2D eigenvalue weighted by molar-refractivity contribution is -0.147. The first kappa shape index (κ1) is 18.4. The second-order valence-corrected chi connectivity index (χ2v) is 9.54. The predicted molar refractivity (Wildman–Crippen MR) is 105 cm³/mol. The van der Waals surface area contributed by atoms with Gasteiger partial charge in [0.15, 0.2) is 0 Å². The molecule has 5 heteroatoms. The molecule has 0 bridgehead atoms. The van der Waals surface area contributed by atoms with Crippen LogP contribution in [0.1, 0.15) is 44.6 Å². The molecule has 2 aliphatic carbocycles. The maximum absolute atomic E-state index is 12.7. The van der Waals surface area contributed by atoms with E-state index in [-0.39, 0.29) is 29.0 Å². The fraction of sp³-hybridized carbons (Fsp3) is 0.696. The van der Waals surface area contributed by atoms with Crippen molar-refractivity contribution in [3.05, 3.63) is 29.8 Å². The minimum Gasteiger partial charge on any atom is -0.496 e. The van der Waals surface area contributed by atoms with E-state index >= 15 is 0 Å². The van der Waals surface area contributed by atoms with E-state index in [1.54, 1.807) is 7.11 Å². The van der Waals surface area contributed by atoms with Crippen molar-refractivity contribution >= 4 is 5.97 Å². The second kappa shape index (κ2) is 6.74. The van der Waals surface area contributed by atoms with Gasteiger partial charge in [0.05, 0.1) is 25.2 Å². The number of carbonyl (C=O) groups is 1. The normalized spacial score (nSPS) is 41.3. The zero-order chi connectivity index (χ0) is 19.4. The van der Waals surface area contributed by atoms with Crippen molar-refractivity contribution in [1.29, 1.82) is 0 Å². The molecule has 2 heterocycles. The Hall–Kier alpha value is -1.59. The number of nitrogens with one attached hydrogen (secondary N) is 1. The second-order valence-electron chi connectivity index (χ2n) is 9.54. The van der Waals surface area contributed by atoms with Gasteiger partial charge in [-0.15, -0.1) is 0 Å². The Morgan fingerprint density at radius 2 is 2.11 bits per heavy atom. The van der Waals surface area contributed by atoms with Crippen molar-refractivity contribution in [3.8, 4) is 5.75 Å². The standard InChI is InChI=1S/C23H31NO4/c1-22-8-5-9-23(14-27-23)20(22)10-16-17(21(25)28-19(16)11-22)13-24-12-15-6-3-4-7-18(15)26-2/h3-4,6-7,16-17,19-20,24H,5,8-14H2,1-2H3/t16-,17-,19-,20-,22-,23-/m1/s1.